The Bertz CT molecular complexity index is 1780. The summed E-state index contributed by atoms with van der Waals surface area (Å²) in [4.78, 5) is 27.9. The van der Waals surface area contributed by atoms with Gasteiger partial charge < -0.3 is 20.4 Å². The SMILES string of the molecule is CCN(CC)c1cc2cnc(Nc3ccc(N(C)C4CCNCC4)cc3)nc2n(C2Cc3ccccc3S(=O)(=O)N2)c1=O. The lowest BCUT2D eigenvalue weighted by Gasteiger charge is -2.33. The lowest BCUT2D eigenvalue weighted by molar-refractivity contribution is 0.441. The number of piperidine rings is 1. The summed E-state index contributed by atoms with van der Waals surface area (Å²) in [6, 6.07) is 17.3. The van der Waals surface area contributed by atoms with E-state index >= 15 is 0 Å². The molecule has 2 aromatic carbocycles. The summed E-state index contributed by atoms with van der Waals surface area (Å²) >= 11 is 0. The minimum absolute atomic E-state index is 0.231. The molecule has 226 valence electrons. The number of hydrogen-bond donors (Lipinski definition) is 3. The van der Waals surface area contributed by atoms with Gasteiger partial charge in [-0.15, -0.1) is 0 Å². The van der Waals surface area contributed by atoms with Crippen molar-refractivity contribution in [3.63, 3.8) is 0 Å². The van der Waals surface area contributed by atoms with Crippen LogP contribution in [0.3, 0.4) is 0 Å². The number of rotatable bonds is 8. The Hall–Kier alpha value is -4.00. The number of anilines is 4. The highest BCUT2D eigenvalue weighted by Crippen LogP contribution is 2.30. The highest BCUT2D eigenvalue weighted by atomic mass is 32.2. The third-order valence-corrected chi connectivity index (χ3v) is 10.1. The van der Waals surface area contributed by atoms with Crippen LogP contribution in [0, 0.1) is 0 Å². The van der Waals surface area contributed by atoms with E-state index in [1.54, 1.807) is 30.5 Å². The number of aromatic nitrogens is 3. The fraction of sp³-hybridized carbons (Fsp3) is 0.387. The zero-order valence-corrected chi connectivity index (χ0v) is 25.6. The fourth-order valence-corrected chi connectivity index (χ4v) is 7.56. The van der Waals surface area contributed by atoms with Gasteiger partial charge in [0.1, 0.15) is 17.5 Å². The first kappa shape index (κ1) is 29.1. The van der Waals surface area contributed by atoms with E-state index in [4.69, 9.17) is 4.98 Å². The molecule has 12 heteroatoms. The maximum absolute atomic E-state index is 14.1. The van der Waals surface area contributed by atoms with Crippen molar-refractivity contribution in [3.8, 4) is 0 Å². The monoisotopic (exact) mass is 602 g/mol. The number of benzene rings is 2. The second-order valence-corrected chi connectivity index (χ2v) is 12.7. The molecule has 2 aromatic heterocycles. The van der Waals surface area contributed by atoms with Crippen molar-refractivity contribution in [2.75, 3.05) is 48.3 Å². The summed E-state index contributed by atoms with van der Waals surface area (Å²) < 4.78 is 30.7. The van der Waals surface area contributed by atoms with E-state index in [1.165, 1.54) is 4.57 Å². The summed E-state index contributed by atoms with van der Waals surface area (Å²) in [6.45, 7) is 7.28. The first-order valence-electron chi connectivity index (χ1n) is 14.9. The van der Waals surface area contributed by atoms with Gasteiger partial charge in [-0.3, -0.25) is 9.36 Å². The summed E-state index contributed by atoms with van der Waals surface area (Å²) in [5.41, 5.74) is 3.13. The number of nitrogens with zero attached hydrogens (tertiary/aromatic N) is 5. The van der Waals surface area contributed by atoms with Gasteiger partial charge >= 0.3 is 0 Å². The Labute approximate surface area is 252 Å². The van der Waals surface area contributed by atoms with Crippen molar-refractivity contribution in [3.05, 3.63) is 76.7 Å². The summed E-state index contributed by atoms with van der Waals surface area (Å²) in [5.74, 6) is 0.315. The third kappa shape index (κ3) is 5.69. The van der Waals surface area contributed by atoms with E-state index in [1.807, 2.05) is 36.9 Å². The second kappa shape index (κ2) is 11.9. The number of nitrogens with one attached hydrogen (secondary N) is 3. The molecule has 1 saturated heterocycles. The Morgan fingerprint density at radius 1 is 1.05 bits per heavy atom. The van der Waals surface area contributed by atoms with Crippen LogP contribution in [0.1, 0.15) is 38.4 Å². The van der Waals surface area contributed by atoms with E-state index in [9.17, 15) is 13.2 Å². The van der Waals surface area contributed by atoms with Crippen LogP contribution in [-0.4, -0.2) is 62.2 Å². The smallest absolute Gasteiger partial charge is 0.277 e. The van der Waals surface area contributed by atoms with Crippen molar-refractivity contribution >= 4 is 44.1 Å². The zero-order chi connectivity index (χ0) is 30.1. The molecule has 3 N–H and O–H groups in total. The molecular weight excluding hydrogens is 564 g/mol. The molecule has 6 rings (SSSR count). The fourth-order valence-electron chi connectivity index (χ4n) is 6.13. The molecule has 0 aliphatic carbocycles. The minimum atomic E-state index is -3.84. The van der Waals surface area contributed by atoms with Gasteiger partial charge in [0.15, 0.2) is 0 Å². The quantitative estimate of drug-likeness (QED) is 0.278. The van der Waals surface area contributed by atoms with Crippen LogP contribution in [0.15, 0.2) is 70.5 Å². The average molecular weight is 603 g/mol. The van der Waals surface area contributed by atoms with Crippen molar-refractivity contribution in [2.24, 2.45) is 0 Å². The van der Waals surface area contributed by atoms with E-state index in [0.717, 1.165) is 37.3 Å². The molecule has 1 fully saturated rings. The average Bonchev–Trinajstić information content (AvgIpc) is 3.02. The van der Waals surface area contributed by atoms with Gasteiger partial charge in [0.2, 0.25) is 16.0 Å². The maximum atomic E-state index is 14.1. The lowest BCUT2D eigenvalue weighted by atomic mass is 10.0. The lowest BCUT2D eigenvalue weighted by Crippen LogP contribution is -2.44. The molecule has 1 atom stereocenters. The summed E-state index contributed by atoms with van der Waals surface area (Å²) in [5, 5.41) is 7.32. The van der Waals surface area contributed by atoms with Crippen LogP contribution in [-0.2, 0) is 16.4 Å². The molecule has 0 radical (unpaired) electrons. The molecule has 2 aliphatic heterocycles. The van der Waals surface area contributed by atoms with Gasteiger partial charge in [-0.2, -0.15) is 9.71 Å². The van der Waals surface area contributed by atoms with Crippen molar-refractivity contribution < 1.29 is 8.42 Å². The predicted octanol–water partition coefficient (Wildman–Crippen LogP) is 3.60. The Morgan fingerprint density at radius 3 is 2.49 bits per heavy atom. The van der Waals surface area contributed by atoms with E-state index in [-0.39, 0.29) is 10.5 Å². The highest BCUT2D eigenvalue weighted by Gasteiger charge is 2.32. The number of sulfonamides is 1. The molecule has 2 aliphatic rings. The summed E-state index contributed by atoms with van der Waals surface area (Å²) in [7, 11) is -1.70. The molecule has 0 amide bonds. The number of pyridine rings is 1. The first-order valence-corrected chi connectivity index (χ1v) is 16.4. The standard InChI is InChI=1S/C31H38N8O3S/c1-4-38(5-2)26-18-22-20-33-31(34-23-10-12-24(13-11-23)37(3)25-14-16-32-17-15-25)35-29(22)39(30(26)40)28-19-21-8-6-7-9-27(21)43(41,42)36-28/h6-13,18,20,25,28,32,36H,4-5,14-17,19H2,1-3H3,(H,33,34,35). The van der Waals surface area contributed by atoms with Crippen LogP contribution >= 0.6 is 0 Å². The second-order valence-electron chi connectivity index (χ2n) is 11.1. The molecular formula is C31H38N8O3S. The van der Waals surface area contributed by atoms with Gasteiger partial charge in [-0.25, -0.2) is 13.4 Å². The van der Waals surface area contributed by atoms with E-state index in [0.29, 0.717) is 53.8 Å². The Kier molecular flexibility index (Phi) is 8.08. The first-order chi connectivity index (χ1) is 20.8. The third-order valence-electron chi connectivity index (χ3n) is 8.52. The van der Waals surface area contributed by atoms with Crippen molar-refractivity contribution in [2.45, 2.75) is 50.2 Å². The molecule has 4 aromatic rings. The Morgan fingerprint density at radius 2 is 1.77 bits per heavy atom. The Balaban J connectivity index is 1.37. The minimum Gasteiger partial charge on any atom is -0.372 e. The number of fused-ring (bicyclic) bond motifs is 2. The molecule has 0 bridgehead atoms. The van der Waals surface area contributed by atoms with Gasteiger partial charge in [-0.1, -0.05) is 18.2 Å². The van der Waals surface area contributed by atoms with Crippen LogP contribution < -0.4 is 30.7 Å². The number of hydrogen-bond acceptors (Lipinski definition) is 9. The topological polar surface area (TPSA) is 124 Å². The van der Waals surface area contributed by atoms with Gasteiger partial charge in [-0.05, 0) is 81.7 Å². The maximum Gasteiger partial charge on any atom is 0.277 e. The van der Waals surface area contributed by atoms with Crippen molar-refractivity contribution in [1.82, 2.24) is 24.6 Å². The van der Waals surface area contributed by atoms with Crippen LogP contribution in [0.25, 0.3) is 11.0 Å². The van der Waals surface area contributed by atoms with E-state index in [2.05, 4.69) is 44.4 Å². The molecule has 0 spiro atoms. The molecule has 0 saturated carbocycles. The zero-order valence-electron chi connectivity index (χ0n) is 24.7. The van der Waals surface area contributed by atoms with E-state index < -0.39 is 16.2 Å². The van der Waals surface area contributed by atoms with Crippen LogP contribution in [0.4, 0.5) is 23.0 Å². The van der Waals surface area contributed by atoms with Crippen LogP contribution in [0.2, 0.25) is 0 Å². The van der Waals surface area contributed by atoms with Gasteiger partial charge in [0, 0.05) is 55.6 Å². The molecule has 4 heterocycles. The normalized spacial score (nSPS) is 18.3. The summed E-state index contributed by atoms with van der Waals surface area (Å²) in [6.07, 6.45) is 3.37. The molecule has 1 unspecified atom stereocenters. The van der Waals surface area contributed by atoms with Gasteiger partial charge in [0.05, 0.1) is 4.90 Å². The predicted molar refractivity (Wildman–Crippen MR) is 171 cm³/mol. The highest BCUT2D eigenvalue weighted by molar-refractivity contribution is 7.89. The molecule has 43 heavy (non-hydrogen) atoms. The molecule has 11 nitrogen and oxygen atoms in total. The van der Waals surface area contributed by atoms with Gasteiger partial charge in [0.25, 0.3) is 5.56 Å². The van der Waals surface area contributed by atoms with Crippen LogP contribution in [0.5, 0.6) is 0 Å². The largest absolute Gasteiger partial charge is 0.372 e. The van der Waals surface area contributed by atoms with Crippen molar-refractivity contribution in [1.29, 1.82) is 0 Å².